The summed E-state index contributed by atoms with van der Waals surface area (Å²) in [5.74, 6) is 4.24. The van der Waals surface area contributed by atoms with Crippen LogP contribution >= 0.6 is 11.6 Å². The summed E-state index contributed by atoms with van der Waals surface area (Å²) in [6.45, 7) is 0. The van der Waals surface area contributed by atoms with E-state index >= 15 is 0 Å². The van der Waals surface area contributed by atoms with Crippen molar-refractivity contribution in [2.24, 2.45) is 0 Å². The van der Waals surface area contributed by atoms with E-state index < -0.39 is 27.9 Å². The number of hydrogen-bond acceptors (Lipinski definition) is 2. The van der Waals surface area contributed by atoms with Crippen LogP contribution in [0.1, 0.15) is 11.1 Å². The minimum absolute atomic E-state index is 0.153. The third kappa shape index (κ3) is 3.36. The number of nitrogens with zero attached hydrogens (tertiary/aromatic N) is 1. The second kappa shape index (κ2) is 5.06. The van der Waals surface area contributed by atoms with Crippen LogP contribution in [-0.2, 0) is 6.18 Å². The maximum absolute atomic E-state index is 12.5. The first-order valence-electron chi connectivity index (χ1n) is 4.26. The van der Waals surface area contributed by atoms with E-state index in [2.05, 4.69) is 11.8 Å². The molecule has 0 bridgehead atoms. The van der Waals surface area contributed by atoms with Gasteiger partial charge in [0, 0.05) is 17.7 Å². The van der Waals surface area contributed by atoms with Crippen LogP contribution in [0.15, 0.2) is 18.2 Å². The van der Waals surface area contributed by atoms with Crippen LogP contribution in [0.4, 0.5) is 18.9 Å². The summed E-state index contributed by atoms with van der Waals surface area (Å²) in [5, 5.41) is 10.4. The van der Waals surface area contributed by atoms with E-state index in [-0.39, 0.29) is 5.88 Å². The Hall–Kier alpha value is -1.74. The lowest BCUT2D eigenvalue weighted by Crippen LogP contribution is -2.08. The number of nitro benzene ring substituents is 1. The lowest BCUT2D eigenvalue weighted by Gasteiger charge is -2.08. The molecule has 0 heterocycles. The fourth-order valence-corrected chi connectivity index (χ4v) is 1.19. The highest BCUT2D eigenvalue weighted by atomic mass is 35.5. The van der Waals surface area contributed by atoms with Crippen LogP contribution in [0.5, 0.6) is 0 Å². The molecule has 0 aliphatic heterocycles. The first-order chi connectivity index (χ1) is 7.86. The molecule has 90 valence electrons. The number of halogens is 4. The monoisotopic (exact) mass is 263 g/mol. The molecule has 0 N–H and O–H groups in total. The van der Waals surface area contributed by atoms with Gasteiger partial charge in [0.1, 0.15) is 0 Å². The fraction of sp³-hybridized carbons (Fsp3) is 0.200. The third-order valence-electron chi connectivity index (χ3n) is 1.81. The predicted octanol–water partition coefficient (Wildman–Crippen LogP) is 3.20. The molecule has 0 radical (unpaired) electrons. The smallest absolute Gasteiger partial charge is 0.258 e. The minimum Gasteiger partial charge on any atom is -0.258 e. The molecular weight excluding hydrogens is 259 g/mol. The number of alkyl halides is 4. The number of rotatable bonds is 1. The Morgan fingerprint density at radius 1 is 1.41 bits per heavy atom. The molecule has 1 aromatic carbocycles. The lowest BCUT2D eigenvalue weighted by atomic mass is 10.1. The summed E-state index contributed by atoms with van der Waals surface area (Å²) in [6.07, 6.45) is -4.61. The van der Waals surface area contributed by atoms with E-state index in [0.717, 1.165) is 12.1 Å². The Kier molecular flexibility index (Phi) is 3.97. The van der Waals surface area contributed by atoms with Gasteiger partial charge in [-0.05, 0) is 6.07 Å². The summed E-state index contributed by atoms with van der Waals surface area (Å²) in [6, 6.07) is 2.20. The van der Waals surface area contributed by atoms with E-state index in [0.29, 0.717) is 6.07 Å². The van der Waals surface area contributed by atoms with Crippen molar-refractivity contribution in [2.45, 2.75) is 6.18 Å². The van der Waals surface area contributed by atoms with Gasteiger partial charge in [0.15, 0.2) is 0 Å². The molecule has 0 aromatic heterocycles. The lowest BCUT2D eigenvalue weighted by molar-refractivity contribution is -0.384. The molecule has 0 fully saturated rings. The molecule has 0 amide bonds. The largest absolute Gasteiger partial charge is 0.417 e. The molecule has 7 heteroatoms. The summed E-state index contributed by atoms with van der Waals surface area (Å²) in [4.78, 5) is 9.65. The Labute approximate surface area is 99.3 Å². The average Bonchev–Trinajstić information content (AvgIpc) is 2.24. The second-order valence-electron chi connectivity index (χ2n) is 2.92. The zero-order valence-corrected chi connectivity index (χ0v) is 8.97. The van der Waals surface area contributed by atoms with Crippen molar-refractivity contribution in [1.82, 2.24) is 0 Å². The van der Waals surface area contributed by atoms with Crippen LogP contribution in [-0.4, -0.2) is 10.8 Å². The molecule has 0 spiro atoms. The van der Waals surface area contributed by atoms with Crippen molar-refractivity contribution >= 4 is 17.3 Å². The molecule has 3 nitrogen and oxygen atoms in total. The topological polar surface area (TPSA) is 43.1 Å². The van der Waals surface area contributed by atoms with Gasteiger partial charge >= 0.3 is 6.18 Å². The molecule has 1 rings (SSSR count). The second-order valence-corrected chi connectivity index (χ2v) is 3.19. The Morgan fingerprint density at radius 3 is 2.53 bits per heavy atom. The summed E-state index contributed by atoms with van der Waals surface area (Å²) < 4.78 is 37.6. The number of non-ortho nitro benzene ring substituents is 1. The highest BCUT2D eigenvalue weighted by Crippen LogP contribution is 2.33. The predicted molar refractivity (Wildman–Crippen MR) is 55.7 cm³/mol. The molecule has 0 aliphatic rings. The quantitative estimate of drug-likeness (QED) is 0.338. The van der Waals surface area contributed by atoms with Crippen LogP contribution in [0, 0.1) is 22.0 Å². The van der Waals surface area contributed by atoms with Crippen LogP contribution in [0.25, 0.3) is 0 Å². The van der Waals surface area contributed by atoms with E-state index in [1.54, 1.807) is 0 Å². The van der Waals surface area contributed by atoms with Gasteiger partial charge in [-0.25, -0.2) is 0 Å². The highest BCUT2D eigenvalue weighted by Gasteiger charge is 2.33. The fourth-order valence-electron chi connectivity index (χ4n) is 1.13. The molecule has 0 aliphatic carbocycles. The Balaban J connectivity index is 3.37. The first-order valence-corrected chi connectivity index (χ1v) is 4.80. The van der Waals surface area contributed by atoms with Crippen molar-refractivity contribution in [3.63, 3.8) is 0 Å². The van der Waals surface area contributed by atoms with Crippen LogP contribution < -0.4 is 0 Å². The van der Waals surface area contributed by atoms with Gasteiger partial charge in [-0.15, -0.1) is 11.6 Å². The zero-order valence-electron chi connectivity index (χ0n) is 8.21. The van der Waals surface area contributed by atoms with Gasteiger partial charge in [-0.1, -0.05) is 11.8 Å². The number of hydrogen-bond donors (Lipinski definition) is 0. The molecule has 17 heavy (non-hydrogen) atoms. The van der Waals surface area contributed by atoms with Gasteiger partial charge in [0.05, 0.1) is 16.4 Å². The average molecular weight is 264 g/mol. The number of nitro groups is 1. The maximum Gasteiger partial charge on any atom is 0.417 e. The van der Waals surface area contributed by atoms with Crippen molar-refractivity contribution in [3.8, 4) is 11.8 Å². The molecule has 0 saturated carbocycles. The minimum atomic E-state index is -4.61. The SMILES string of the molecule is O=[N+]([O-])c1ccc(C(F)(F)F)c(C#CCCl)c1. The van der Waals surface area contributed by atoms with E-state index in [1.165, 1.54) is 0 Å². The zero-order chi connectivity index (χ0) is 13.1. The molecule has 1 aromatic rings. The van der Waals surface area contributed by atoms with Gasteiger partial charge < -0.3 is 0 Å². The molecule has 0 atom stereocenters. The van der Waals surface area contributed by atoms with Crippen molar-refractivity contribution in [2.75, 3.05) is 5.88 Å². The van der Waals surface area contributed by atoms with Crippen LogP contribution in [0.3, 0.4) is 0 Å². The highest BCUT2D eigenvalue weighted by molar-refractivity contribution is 6.19. The first kappa shape index (κ1) is 13.3. The normalized spacial score (nSPS) is 10.6. The van der Waals surface area contributed by atoms with Gasteiger partial charge in [-0.2, -0.15) is 13.2 Å². The standard InChI is InChI=1S/C10H5ClF3NO2/c11-5-1-2-7-6-8(15(16)17)3-4-9(7)10(12,13)14/h3-4,6H,5H2. The summed E-state index contributed by atoms with van der Waals surface area (Å²) >= 11 is 5.23. The van der Waals surface area contributed by atoms with E-state index in [9.17, 15) is 23.3 Å². The molecule has 0 unspecified atom stereocenters. The van der Waals surface area contributed by atoms with Gasteiger partial charge in [0.25, 0.3) is 5.69 Å². The summed E-state index contributed by atoms with van der Waals surface area (Å²) in [5.41, 5.74) is -1.91. The number of benzene rings is 1. The third-order valence-corrected chi connectivity index (χ3v) is 1.94. The maximum atomic E-state index is 12.5. The van der Waals surface area contributed by atoms with Crippen molar-refractivity contribution in [1.29, 1.82) is 0 Å². The van der Waals surface area contributed by atoms with Crippen molar-refractivity contribution in [3.05, 3.63) is 39.4 Å². The van der Waals surface area contributed by atoms with Crippen LogP contribution in [0.2, 0.25) is 0 Å². The Morgan fingerprint density at radius 2 is 2.06 bits per heavy atom. The molecular formula is C10H5ClF3NO2. The van der Waals surface area contributed by atoms with Gasteiger partial charge in [-0.3, -0.25) is 10.1 Å². The van der Waals surface area contributed by atoms with Crippen molar-refractivity contribution < 1.29 is 18.1 Å². The molecule has 0 saturated heterocycles. The summed E-state index contributed by atoms with van der Waals surface area (Å²) in [7, 11) is 0. The van der Waals surface area contributed by atoms with E-state index in [1.807, 2.05) is 0 Å². The Bertz CT molecular complexity index is 502. The van der Waals surface area contributed by atoms with Gasteiger partial charge in [0.2, 0.25) is 0 Å². The van der Waals surface area contributed by atoms with E-state index in [4.69, 9.17) is 11.6 Å².